The maximum atomic E-state index is 13.2. The van der Waals surface area contributed by atoms with Crippen molar-refractivity contribution in [3.05, 3.63) is 52.5 Å². The maximum Gasteiger partial charge on any atom is 0.276 e. The third kappa shape index (κ3) is 3.88. The molecule has 8 nitrogen and oxygen atoms in total. The summed E-state index contributed by atoms with van der Waals surface area (Å²) in [4.78, 5) is 18.1. The monoisotopic (exact) mass is 454 g/mol. The zero-order valence-corrected chi connectivity index (χ0v) is 19.4. The predicted octanol–water partition coefficient (Wildman–Crippen LogP) is 2.39. The second-order valence-corrected chi connectivity index (χ2v) is 8.28. The number of nitrogens with zero attached hydrogens (tertiary/aromatic N) is 3. The number of carbonyl (C=O) groups is 1. The number of methoxy groups -OCH3 is 3. The Morgan fingerprint density at radius 3 is 2.56 bits per heavy atom. The van der Waals surface area contributed by atoms with Gasteiger partial charge in [-0.1, -0.05) is 43.3 Å². The standard InChI is InChI=1S/C23H26N4O4S/c1-5-6-13-32-23-25-22(28)18-14-9-7-8-10-16(14)24-21(27(18)26-23)15-11-12-17(29-2)20(31-4)19(15)30-3/h7-12,21H,5-6,13H2,1-4H3,(H,25,26,28). The minimum Gasteiger partial charge on any atom is -0.493 e. The number of para-hydroxylation sites is 1. The number of unbranched alkanes of at least 4 members (excludes halogenated alkanes) is 1. The lowest BCUT2D eigenvalue weighted by atomic mass is 10.1. The van der Waals surface area contributed by atoms with E-state index in [2.05, 4.69) is 12.2 Å². The normalized spacial score (nSPS) is 16.9. The molecule has 4 rings (SSSR count). The Balaban J connectivity index is 1.90. The average molecular weight is 455 g/mol. The summed E-state index contributed by atoms with van der Waals surface area (Å²) in [7, 11) is 4.70. The molecule has 2 aromatic rings. The summed E-state index contributed by atoms with van der Waals surface area (Å²) in [6.07, 6.45) is 1.50. The van der Waals surface area contributed by atoms with Crippen molar-refractivity contribution < 1.29 is 19.0 Å². The van der Waals surface area contributed by atoms with Crippen molar-refractivity contribution in [1.82, 2.24) is 10.3 Å². The molecule has 0 aliphatic carbocycles. The van der Waals surface area contributed by atoms with Crippen LogP contribution in [0.25, 0.3) is 5.70 Å². The molecule has 2 heterocycles. The Morgan fingerprint density at radius 1 is 1.06 bits per heavy atom. The number of nitrogens with one attached hydrogen (secondary N) is 1. The first kappa shape index (κ1) is 22.0. The number of thioether (sulfide) groups is 1. The Hall–Kier alpha value is -3.20. The van der Waals surface area contributed by atoms with E-state index in [1.54, 1.807) is 32.4 Å². The largest absolute Gasteiger partial charge is 0.493 e. The summed E-state index contributed by atoms with van der Waals surface area (Å²) in [5, 5.41) is 11.4. The highest BCUT2D eigenvalue weighted by atomic mass is 32.2. The van der Waals surface area contributed by atoms with Gasteiger partial charge in [-0.2, -0.15) is 0 Å². The van der Waals surface area contributed by atoms with E-state index in [-0.39, 0.29) is 5.91 Å². The summed E-state index contributed by atoms with van der Waals surface area (Å²) < 4.78 is 16.7. The molecule has 1 atom stereocenters. The smallest absolute Gasteiger partial charge is 0.276 e. The fraction of sp³-hybridized carbons (Fsp3) is 0.348. The Labute approximate surface area is 190 Å². The molecule has 0 saturated heterocycles. The Bertz CT molecular complexity index is 1180. The van der Waals surface area contributed by atoms with Gasteiger partial charge < -0.3 is 14.2 Å². The van der Waals surface area contributed by atoms with Gasteiger partial charge in [0.15, 0.2) is 22.8 Å². The number of ether oxygens (including phenoxy) is 3. The molecule has 2 aliphatic rings. The molecular weight excluding hydrogens is 428 g/mol. The van der Waals surface area contributed by atoms with Gasteiger partial charge in [0.1, 0.15) is 5.70 Å². The first-order chi connectivity index (χ1) is 15.6. The van der Waals surface area contributed by atoms with Gasteiger partial charge in [0.2, 0.25) is 5.75 Å². The summed E-state index contributed by atoms with van der Waals surface area (Å²) in [5.74, 6) is 2.17. The second kappa shape index (κ2) is 9.52. The molecule has 1 N–H and O–H groups in total. The van der Waals surface area contributed by atoms with E-state index in [0.717, 1.165) is 23.8 Å². The van der Waals surface area contributed by atoms with E-state index in [1.807, 2.05) is 30.3 Å². The van der Waals surface area contributed by atoms with Crippen molar-refractivity contribution >= 4 is 28.5 Å². The molecule has 1 amide bonds. The number of hydrogen-bond donors (Lipinski definition) is 1. The van der Waals surface area contributed by atoms with E-state index in [4.69, 9.17) is 24.3 Å². The first-order valence-electron chi connectivity index (χ1n) is 10.4. The molecule has 9 heteroatoms. The van der Waals surface area contributed by atoms with Crippen LogP contribution in [0.5, 0.6) is 17.2 Å². The van der Waals surface area contributed by atoms with Gasteiger partial charge in [-0.25, -0.2) is 5.01 Å². The lowest BCUT2D eigenvalue weighted by Crippen LogP contribution is -2.50. The number of amidine groups is 1. The summed E-state index contributed by atoms with van der Waals surface area (Å²) in [5.41, 5.74) is 1.17. The van der Waals surface area contributed by atoms with Crippen molar-refractivity contribution in [1.29, 1.82) is 0 Å². The average Bonchev–Trinajstić information content (AvgIpc) is 2.82. The molecular formula is C23H26N4O4S. The molecule has 0 radical (unpaired) electrons. The lowest BCUT2D eigenvalue weighted by molar-refractivity contribution is -0.116. The third-order valence-electron chi connectivity index (χ3n) is 5.26. The highest BCUT2D eigenvalue weighted by Gasteiger charge is 2.36. The lowest BCUT2D eigenvalue weighted by Gasteiger charge is -2.34. The van der Waals surface area contributed by atoms with Crippen LogP contribution in [-0.4, -0.2) is 43.2 Å². The zero-order valence-electron chi connectivity index (χ0n) is 18.5. The number of benzene rings is 2. The highest BCUT2D eigenvalue weighted by Crippen LogP contribution is 2.45. The van der Waals surface area contributed by atoms with Crippen LogP contribution in [0.1, 0.15) is 31.5 Å². The van der Waals surface area contributed by atoms with Gasteiger partial charge in [-0.15, -0.1) is 5.10 Å². The highest BCUT2D eigenvalue weighted by molar-refractivity contribution is 8.13. The fourth-order valence-electron chi connectivity index (χ4n) is 3.74. The minimum atomic E-state index is -0.609. The van der Waals surface area contributed by atoms with Crippen molar-refractivity contribution in [2.75, 3.05) is 27.1 Å². The van der Waals surface area contributed by atoms with Crippen molar-refractivity contribution in [3.8, 4) is 17.2 Å². The molecule has 0 bridgehead atoms. The van der Waals surface area contributed by atoms with Crippen LogP contribution in [0.4, 0.5) is 0 Å². The van der Waals surface area contributed by atoms with Crippen molar-refractivity contribution in [3.63, 3.8) is 0 Å². The van der Waals surface area contributed by atoms with Gasteiger partial charge in [-0.05, 0) is 24.6 Å². The SMILES string of the molecule is CCCCSC1=NN2C(=c3ccccc3=NC2c2ccc(OC)c(OC)c2OC)C(=O)N1. The van der Waals surface area contributed by atoms with E-state index in [0.29, 0.717) is 39.0 Å². The van der Waals surface area contributed by atoms with E-state index >= 15 is 0 Å². The van der Waals surface area contributed by atoms with Gasteiger partial charge >= 0.3 is 0 Å². The third-order valence-corrected chi connectivity index (χ3v) is 6.21. The Morgan fingerprint density at radius 2 is 1.84 bits per heavy atom. The molecule has 0 spiro atoms. The van der Waals surface area contributed by atoms with Crippen LogP contribution in [-0.2, 0) is 4.79 Å². The van der Waals surface area contributed by atoms with Gasteiger partial charge in [0.25, 0.3) is 5.91 Å². The maximum absolute atomic E-state index is 13.2. The summed E-state index contributed by atoms with van der Waals surface area (Å²) in [6.45, 7) is 2.13. The fourth-order valence-corrected chi connectivity index (χ4v) is 4.67. The first-order valence-corrected chi connectivity index (χ1v) is 11.4. The predicted molar refractivity (Wildman–Crippen MR) is 124 cm³/mol. The Kier molecular flexibility index (Phi) is 6.55. The van der Waals surface area contributed by atoms with Crippen LogP contribution in [0.15, 0.2) is 46.5 Å². The topological polar surface area (TPSA) is 84.8 Å². The molecule has 0 aromatic heterocycles. The van der Waals surface area contributed by atoms with Crippen LogP contribution >= 0.6 is 11.8 Å². The summed E-state index contributed by atoms with van der Waals surface area (Å²) >= 11 is 1.53. The van der Waals surface area contributed by atoms with Crippen LogP contribution in [0.2, 0.25) is 0 Å². The molecule has 32 heavy (non-hydrogen) atoms. The number of rotatable bonds is 7. The van der Waals surface area contributed by atoms with Crippen LogP contribution in [0, 0.1) is 0 Å². The number of hydrogen-bond acceptors (Lipinski definition) is 8. The molecule has 168 valence electrons. The molecule has 1 unspecified atom stereocenters. The van der Waals surface area contributed by atoms with Gasteiger partial charge in [-0.3, -0.25) is 15.1 Å². The molecule has 2 aromatic carbocycles. The van der Waals surface area contributed by atoms with Gasteiger partial charge in [0, 0.05) is 16.5 Å². The minimum absolute atomic E-state index is 0.203. The van der Waals surface area contributed by atoms with E-state index < -0.39 is 6.17 Å². The number of carbonyl (C=O) groups excluding carboxylic acids is 1. The molecule has 0 fully saturated rings. The van der Waals surface area contributed by atoms with Crippen molar-refractivity contribution in [2.45, 2.75) is 25.9 Å². The van der Waals surface area contributed by atoms with Gasteiger partial charge in [0.05, 0.1) is 26.7 Å². The number of amides is 1. The summed E-state index contributed by atoms with van der Waals surface area (Å²) in [6, 6.07) is 11.2. The zero-order chi connectivity index (χ0) is 22.7. The van der Waals surface area contributed by atoms with Crippen molar-refractivity contribution in [2.24, 2.45) is 10.1 Å². The quantitative estimate of drug-likeness (QED) is 0.647. The van der Waals surface area contributed by atoms with E-state index in [9.17, 15) is 4.79 Å². The van der Waals surface area contributed by atoms with E-state index in [1.165, 1.54) is 11.8 Å². The second-order valence-electron chi connectivity index (χ2n) is 7.20. The van der Waals surface area contributed by atoms with Crippen LogP contribution < -0.4 is 30.1 Å². The number of fused-ring (bicyclic) bond motifs is 2. The van der Waals surface area contributed by atoms with Crippen LogP contribution in [0.3, 0.4) is 0 Å². The molecule has 0 saturated carbocycles. The number of hydrazone groups is 1. The molecule has 2 aliphatic heterocycles.